The Morgan fingerprint density at radius 2 is 0.784 bits per heavy atom. The van der Waals surface area contributed by atoms with Gasteiger partial charge in [-0.15, -0.1) is 0 Å². The molecule has 12 heteroatoms. The summed E-state index contributed by atoms with van der Waals surface area (Å²) in [6.45, 7) is 6.26. The third-order valence-electron chi connectivity index (χ3n) is 12.2. The fourth-order valence-electron chi connectivity index (χ4n) is 9.64. The molecule has 51 heavy (non-hydrogen) atoms. The first-order chi connectivity index (χ1) is 24.8. The van der Waals surface area contributed by atoms with E-state index >= 15 is 14.4 Å². The molecule has 282 valence electrons. The topological polar surface area (TPSA) is 154 Å². The molecule has 0 bridgehead atoms. The summed E-state index contributed by atoms with van der Waals surface area (Å²) < 4.78 is 4.29. The van der Waals surface area contributed by atoms with Crippen LogP contribution in [-0.4, -0.2) is 50.1 Å². The lowest BCUT2D eigenvalue weighted by molar-refractivity contribution is 0.157. The van der Waals surface area contributed by atoms with Gasteiger partial charge in [-0.3, -0.25) is 0 Å². The molecule has 1 aromatic heterocycles. The minimum Gasteiger partial charge on any atom is -0.247 e. The van der Waals surface area contributed by atoms with Crippen molar-refractivity contribution in [1.29, 1.82) is 0 Å². The molecule has 1 aromatic rings. The summed E-state index contributed by atoms with van der Waals surface area (Å²) >= 11 is 0. The SMILES string of the molecule is CCCCC(C1CCCC(N=C=O)C1)n1c(=O)n(C(CCCC)C2CCCC(N=C=O)C2)c(=O)n(C(CCCC)C2CCCC(N=C=O)C2)c1=O. The largest absolute Gasteiger partial charge is 0.336 e. The van der Waals surface area contributed by atoms with Crippen molar-refractivity contribution >= 4 is 18.2 Å². The predicted octanol–water partition coefficient (Wildman–Crippen LogP) is 7.05. The van der Waals surface area contributed by atoms with Crippen LogP contribution in [0.5, 0.6) is 0 Å². The van der Waals surface area contributed by atoms with Gasteiger partial charge >= 0.3 is 17.1 Å². The normalized spacial score (nSPS) is 26.9. The van der Waals surface area contributed by atoms with Gasteiger partial charge in [-0.05, 0) is 94.8 Å². The van der Waals surface area contributed by atoms with Crippen molar-refractivity contribution in [1.82, 2.24) is 13.7 Å². The van der Waals surface area contributed by atoms with Crippen LogP contribution < -0.4 is 17.1 Å². The fraction of sp³-hybridized carbons (Fsp3) is 0.846. The predicted molar refractivity (Wildman–Crippen MR) is 197 cm³/mol. The Bertz CT molecular complexity index is 1380. The second-order valence-electron chi connectivity index (χ2n) is 15.5. The Kier molecular flexibility index (Phi) is 16.3. The number of carbonyl (C=O) groups excluding carboxylic acids is 3. The van der Waals surface area contributed by atoms with Gasteiger partial charge < -0.3 is 0 Å². The molecule has 3 aliphatic carbocycles. The zero-order valence-electron chi connectivity index (χ0n) is 31.2. The van der Waals surface area contributed by atoms with E-state index in [1.54, 1.807) is 18.2 Å². The first kappa shape index (κ1) is 40.3. The van der Waals surface area contributed by atoms with Crippen LogP contribution in [0.4, 0.5) is 0 Å². The van der Waals surface area contributed by atoms with Crippen LogP contribution in [0.15, 0.2) is 29.4 Å². The standard InChI is InChI=1S/C39H60N6O6/c1-4-7-19-34(28-13-10-16-31(22-28)40-25-46)43-37(49)44(35(20-8-5-2)29-14-11-17-32(23-29)41-26-47)39(51)45(38(43)50)36(21-9-6-3)30-15-12-18-33(24-30)42-27-48/h28-36H,4-24H2,1-3H3. The maximum atomic E-state index is 15.1. The summed E-state index contributed by atoms with van der Waals surface area (Å²) in [7, 11) is 0. The van der Waals surface area contributed by atoms with E-state index < -0.39 is 35.2 Å². The van der Waals surface area contributed by atoms with E-state index in [1.807, 2.05) is 0 Å². The smallest absolute Gasteiger partial charge is 0.247 e. The van der Waals surface area contributed by atoms with Crippen molar-refractivity contribution in [3.8, 4) is 0 Å². The van der Waals surface area contributed by atoms with Crippen LogP contribution in [-0.2, 0) is 14.4 Å². The Morgan fingerprint density at radius 1 is 0.510 bits per heavy atom. The fourth-order valence-corrected chi connectivity index (χ4v) is 9.64. The van der Waals surface area contributed by atoms with E-state index in [0.717, 1.165) is 96.3 Å². The molecule has 1 heterocycles. The molecule has 0 saturated heterocycles. The van der Waals surface area contributed by atoms with Gasteiger partial charge in [-0.1, -0.05) is 78.6 Å². The first-order valence-electron chi connectivity index (χ1n) is 20.0. The highest BCUT2D eigenvalue weighted by atomic mass is 16.2. The van der Waals surface area contributed by atoms with E-state index in [-0.39, 0.29) is 35.9 Å². The summed E-state index contributed by atoms with van der Waals surface area (Å²) in [5.41, 5.74) is -1.65. The molecule has 3 saturated carbocycles. The van der Waals surface area contributed by atoms with Crippen molar-refractivity contribution in [3.05, 3.63) is 31.5 Å². The zero-order chi connectivity index (χ0) is 36.8. The maximum Gasteiger partial charge on any atom is 0.336 e. The second kappa shape index (κ2) is 20.6. The molecule has 3 aliphatic rings. The Labute approximate surface area is 301 Å². The summed E-state index contributed by atoms with van der Waals surface area (Å²) in [6.07, 6.45) is 20.9. The summed E-state index contributed by atoms with van der Waals surface area (Å²) in [5, 5.41) is 0. The molecule has 0 amide bonds. The van der Waals surface area contributed by atoms with Crippen LogP contribution >= 0.6 is 0 Å². The van der Waals surface area contributed by atoms with Crippen LogP contribution in [0.1, 0.15) is 174 Å². The van der Waals surface area contributed by atoms with Gasteiger partial charge in [0.15, 0.2) is 0 Å². The quantitative estimate of drug-likeness (QED) is 0.118. The highest BCUT2D eigenvalue weighted by Gasteiger charge is 2.39. The lowest BCUT2D eigenvalue weighted by atomic mass is 9.79. The van der Waals surface area contributed by atoms with Gasteiger partial charge in [0.25, 0.3) is 0 Å². The van der Waals surface area contributed by atoms with Gasteiger partial charge in [0.1, 0.15) is 0 Å². The van der Waals surface area contributed by atoms with Crippen molar-refractivity contribution in [3.63, 3.8) is 0 Å². The highest BCUT2D eigenvalue weighted by molar-refractivity contribution is 5.34. The monoisotopic (exact) mass is 708 g/mol. The van der Waals surface area contributed by atoms with Gasteiger partial charge in [-0.2, -0.15) is 0 Å². The van der Waals surface area contributed by atoms with Crippen LogP contribution in [0.3, 0.4) is 0 Å². The van der Waals surface area contributed by atoms with Gasteiger partial charge in [0, 0.05) is 18.1 Å². The number of aromatic nitrogens is 3. The Morgan fingerprint density at radius 3 is 1.02 bits per heavy atom. The minimum atomic E-state index is -0.549. The Hall–Kier alpha value is -3.45. The van der Waals surface area contributed by atoms with E-state index in [2.05, 4.69) is 35.7 Å². The summed E-state index contributed by atoms with van der Waals surface area (Å²) in [6, 6.07) is -1.99. The van der Waals surface area contributed by atoms with Crippen molar-refractivity contribution < 1.29 is 14.4 Å². The number of hydrogen-bond donors (Lipinski definition) is 0. The number of hydrogen-bond acceptors (Lipinski definition) is 9. The number of isocyanates is 3. The minimum absolute atomic E-state index is 0.0673. The van der Waals surface area contributed by atoms with Gasteiger partial charge in [0.05, 0.1) is 18.1 Å². The molecule has 9 unspecified atom stereocenters. The van der Waals surface area contributed by atoms with Crippen molar-refractivity contribution in [2.45, 2.75) is 192 Å². The first-order valence-corrected chi connectivity index (χ1v) is 20.0. The molecule has 0 N–H and O–H groups in total. The molecule has 9 atom stereocenters. The number of aliphatic imine (C=N–C) groups is 3. The van der Waals surface area contributed by atoms with Gasteiger partial charge in [-0.25, -0.2) is 57.4 Å². The zero-order valence-corrected chi connectivity index (χ0v) is 31.2. The van der Waals surface area contributed by atoms with E-state index in [4.69, 9.17) is 0 Å². The van der Waals surface area contributed by atoms with E-state index in [1.165, 1.54) is 13.7 Å². The van der Waals surface area contributed by atoms with Crippen LogP contribution in [0, 0.1) is 17.8 Å². The molecule has 0 aromatic carbocycles. The van der Waals surface area contributed by atoms with Crippen molar-refractivity contribution in [2.24, 2.45) is 32.7 Å². The van der Waals surface area contributed by atoms with Crippen LogP contribution in [0.25, 0.3) is 0 Å². The maximum absolute atomic E-state index is 15.1. The van der Waals surface area contributed by atoms with E-state index in [0.29, 0.717) is 38.5 Å². The van der Waals surface area contributed by atoms with Crippen molar-refractivity contribution in [2.75, 3.05) is 0 Å². The molecule has 4 rings (SSSR count). The summed E-state index contributed by atoms with van der Waals surface area (Å²) in [4.78, 5) is 91.4. The highest BCUT2D eigenvalue weighted by Crippen LogP contribution is 2.40. The number of nitrogens with zero attached hydrogens (tertiary/aromatic N) is 6. The molecule has 3 fully saturated rings. The third-order valence-corrected chi connectivity index (χ3v) is 12.2. The average molecular weight is 709 g/mol. The number of unbranched alkanes of at least 4 members (excludes halogenated alkanes) is 3. The molecular formula is C39H60N6O6. The molecule has 0 spiro atoms. The molecule has 0 aliphatic heterocycles. The molecule has 0 radical (unpaired) electrons. The van der Waals surface area contributed by atoms with Crippen LogP contribution in [0.2, 0.25) is 0 Å². The van der Waals surface area contributed by atoms with Gasteiger partial charge in [0.2, 0.25) is 18.2 Å². The average Bonchev–Trinajstić information content (AvgIpc) is 3.13. The number of rotatable bonds is 18. The Balaban J connectivity index is 2.01. The molecule has 12 nitrogen and oxygen atoms in total. The second-order valence-corrected chi connectivity index (χ2v) is 15.5. The van der Waals surface area contributed by atoms with E-state index in [9.17, 15) is 14.4 Å². The lowest BCUT2D eigenvalue weighted by Gasteiger charge is -2.38. The summed E-state index contributed by atoms with van der Waals surface area (Å²) in [5.74, 6) is -0.202. The lowest BCUT2D eigenvalue weighted by Crippen LogP contribution is -2.59. The molecular weight excluding hydrogens is 648 g/mol. The third kappa shape index (κ3) is 10.1.